The van der Waals surface area contributed by atoms with Crippen LogP contribution in [0.2, 0.25) is 5.02 Å². The number of hydrogen-bond donors (Lipinski definition) is 2. The molecule has 0 radical (unpaired) electrons. The molecule has 0 bridgehead atoms. The maximum atomic E-state index is 12.6. The molecule has 0 saturated heterocycles. The van der Waals surface area contributed by atoms with E-state index < -0.39 is 10.0 Å². The van der Waals surface area contributed by atoms with Gasteiger partial charge < -0.3 is 10.1 Å². The van der Waals surface area contributed by atoms with Gasteiger partial charge in [0.05, 0.1) is 17.7 Å². The highest BCUT2D eigenvalue weighted by atomic mass is 35.5. The zero-order valence-electron chi connectivity index (χ0n) is 16.5. The molecule has 0 fully saturated rings. The number of methoxy groups -OCH3 is 1. The van der Waals surface area contributed by atoms with E-state index in [9.17, 15) is 13.2 Å². The highest BCUT2D eigenvalue weighted by molar-refractivity contribution is 7.92. The highest BCUT2D eigenvalue weighted by Gasteiger charge is 2.16. The van der Waals surface area contributed by atoms with Crippen LogP contribution < -0.4 is 14.8 Å². The number of hydrogen-bond acceptors (Lipinski definition) is 4. The molecular weight excluding hydrogens is 424 g/mol. The second-order valence-corrected chi connectivity index (χ2v) is 8.67. The number of carbonyl (C=O) groups excluding carboxylic acids is 1. The fourth-order valence-corrected chi connectivity index (χ4v) is 4.13. The Labute approximate surface area is 180 Å². The molecule has 8 heteroatoms. The van der Waals surface area contributed by atoms with E-state index in [4.69, 9.17) is 16.3 Å². The minimum atomic E-state index is -3.77. The summed E-state index contributed by atoms with van der Waals surface area (Å²) in [6, 6.07) is 18.1. The van der Waals surface area contributed by atoms with Gasteiger partial charge in [-0.15, -0.1) is 0 Å². The molecule has 0 aliphatic carbocycles. The molecule has 0 aliphatic rings. The van der Waals surface area contributed by atoms with E-state index in [1.807, 2.05) is 18.2 Å². The van der Waals surface area contributed by atoms with Gasteiger partial charge in [-0.05, 0) is 66.6 Å². The number of ether oxygens (including phenoxy) is 1. The Kier molecular flexibility index (Phi) is 6.64. The zero-order chi connectivity index (χ0) is 21.7. The Balaban J connectivity index is 1.71. The summed E-state index contributed by atoms with van der Waals surface area (Å²) in [7, 11) is -2.25. The van der Waals surface area contributed by atoms with Crippen LogP contribution >= 0.6 is 11.6 Å². The van der Waals surface area contributed by atoms with Gasteiger partial charge in [-0.1, -0.05) is 29.8 Å². The monoisotopic (exact) mass is 444 g/mol. The van der Waals surface area contributed by atoms with Gasteiger partial charge in [-0.2, -0.15) is 0 Å². The van der Waals surface area contributed by atoms with Crippen molar-refractivity contribution in [2.45, 2.75) is 18.4 Å². The largest absolute Gasteiger partial charge is 0.497 e. The van der Waals surface area contributed by atoms with Crippen molar-refractivity contribution < 1.29 is 17.9 Å². The van der Waals surface area contributed by atoms with Crippen LogP contribution in [0.1, 0.15) is 21.5 Å². The van der Waals surface area contributed by atoms with Crippen molar-refractivity contribution in [1.82, 2.24) is 5.32 Å². The Morgan fingerprint density at radius 3 is 2.37 bits per heavy atom. The summed E-state index contributed by atoms with van der Waals surface area (Å²) in [6.45, 7) is 2.03. The zero-order valence-corrected chi connectivity index (χ0v) is 18.0. The molecule has 0 saturated carbocycles. The van der Waals surface area contributed by atoms with E-state index >= 15 is 0 Å². The van der Waals surface area contributed by atoms with E-state index in [0.717, 1.165) is 5.56 Å². The van der Waals surface area contributed by atoms with Crippen LogP contribution in [0, 0.1) is 6.92 Å². The summed E-state index contributed by atoms with van der Waals surface area (Å²) in [5.41, 5.74) is 2.26. The summed E-state index contributed by atoms with van der Waals surface area (Å²) in [5.74, 6) is 0.292. The van der Waals surface area contributed by atoms with Crippen LogP contribution in [0.3, 0.4) is 0 Å². The van der Waals surface area contributed by atoms with Gasteiger partial charge in [-0.25, -0.2) is 8.42 Å². The Morgan fingerprint density at radius 1 is 1.03 bits per heavy atom. The summed E-state index contributed by atoms with van der Waals surface area (Å²) >= 11 is 6.11. The number of benzene rings is 3. The van der Waals surface area contributed by atoms with Gasteiger partial charge in [-0.3, -0.25) is 9.52 Å². The van der Waals surface area contributed by atoms with Crippen molar-refractivity contribution in [1.29, 1.82) is 0 Å². The molecule has 3 rings (SSSR count). The lowest BCUT2D eigenvalue weighted by Crippen LogP contribution is -2.23. The van der Waals surface area contributed by atoms with Crippen LogP contribution in [0.4, 0.5) is 5.69 Å². The molecule has 0 aliphatic heterocycles. The van der Waals surface area contributed by atoms with Crippen molar-refractivity contribution >= 4 is 33.2 Å². The third-order valence-corrected chi connectivity index (χ3v) is 6.25. The number of anilines is 1. The average molecular weight is 445 g/mol. The van der Waals surface area contributed by atoms with Crippen molar-refractivity contribution in [2.24, 2.45) is 0 Å². The number of halogens is 1. The molecule has 0 atom stereocenters. The van der Waals surface area contributed by atoms with E-state index in [1.54, 1.807) is 43.3 Å². The molecule has 156 valence electrons. The first kappa shape index (κ1) is 21.7. The standard InChI is InChI=1S/C22H21ClN2O4S/c1-15-13-16(22(26)24-14-17-5-3-4-6-20(17)23)7-12-21(15)25-30(27,28)19-10-8-18(29-2)9-11-19/h3-13,25H,14H2,1-2H3,(H,24,26). The van der Waals surface area contributed by atoms with E-state index in [2.05, 4.69) is 10.0 Å². The first-order valence-electron chi connectivity index (χ1n) is 9.09. The van der Waals surface area contributed by atoms with Gasteiger partial charge in [0.1, 0.15) is 5.75 Å². The molecule has 3 aromatic carbocycles. The third-order valence-electron chi connectivity index (χ3n) is 4.50. The van der Waals surface area contributed by atoms with Crippen molar-refractivity contribution in [3.63, 3.8) is 0 Å². The quantitative estimate of drug-likeness (QED) is 0.566. The second-order valence-electron chi connectivity index (χ2n) is 6.58. The first-order chi connectivity index (χ1) is 14.3. The maximum Gasteiger partial charge on any atom is 0.261 e. The Hall–Kier alpha value is -3.03. The van der Waals surface area contributed by atoms with Crippen LogP contribution in [-0.4, -0.2) is 21.4 Å². The van der Waals surface area contributed by atoms with Crippen molar-refractivity contribution in [2.75, 3.05) is 11.8 Å². The van der Waals surface area contributed by atoms with Crippen LogP contribution in [0.25, 0.3) is 0 Å². The van der Waals surface area contributed by atoms with E-state index in [0.29, 0.717) is 34.1 Å². The lowest BCUT2D eigenvalue weighted by atomic mass is 10.1. The van der Waals surface area contributed by atoms with Gasteiger partial charge >= 0.3 is 0 Å². The minimum absolute atomic E-state index is 0.115. The van der Waals surface area contributed by atoms with Gasteiger partial charge in [0, 0.05) is 17.1 Å². The van der Waals surface area contributed by atoms with Gasteiger partial charge in [0.25, 0.3) is 15.9 Å². The van der Waals surface area contributed by atoms with Crippen LogP contribution in [0.5, 0.6) is 5.75 Å². The van der Waals surface area contributed by atoms with Crippen LogP contribution in [-0.2, 0) is 16.6 Å². The molecule has 1 amide bonds. The predicted molar refractivity (Wildman–Crippen MR) is 118 cm³/mol. The van der Waals surface area contributed by atoms with E-state index in [-0.39, 0.29) is 10.8 Å². The summed E-state index contributed by atoms with van der Waals surface area (Å²) in [6.07, 6.45) is 0. The van der Waals surface area contributed by atoms with Gasteiger partial charge in [0.15, 0.2) is 0 Å². The molecule has 6 nitrogen and oxygen atoms in total. The molecule has 0 aromatic heterocycles. The minimum Gasteiger partial charge on any atom is -0.497 e. The highest BCUT2D eigenvalue weighted by Crippen LogP contribution is 2.23. The van der Waals surface area contributed by atoms with Crippen LogP contribution in [0.15, 0.2) is 71.6 Å². The average Bonchev–Trinajstić information content (AvgIpc) is 2.74. The Bertz CT molecular complexity index is 1160. The SMILES string of the molecule is COc1ccc(S(=O)(=O)Nc2ccc(C(=O)NCc3ccccc3Cl)cc2C)cc1. The third kappa shape index (κ3) is 5.11. The number of rotatable bonds is 7. The number of carbonyl (C=O) groups is 1. The van der Waals surface area contributed by atoms with E-state index in [1.165, 1.54) is 19.2 Å². The molecule has 0 spiro atoms. The maximum absolute atomic E-state index is 12.6. The normalized spacial score (nSPS) is 11.0. The lowest BCUT2D eigenvalue weighted by Gasteiger charge is -2.13. The number of nitrogens with one attached hydrogen (secondary N) is 2. The number of sulfonamides is 1. The Morgan fingerprint density at radius 2 is 1.73 bits per heavy atom. The molecular formula is C22H21ClN2O4S. The lowest BCUT2D eigenvalue weighted by molar-refractivity contribution is 0.0951. The molecule has 3 aromatic rings. The summed E-state index contributed by atoms with van der Waals surface area (Å²) in [5, 5.41) is 3.39. The number of aryl methyl sites for hydroxylation is 1. The summed E-state index contributed by atoms with van der Waals surface area (Å²) in [4.78, 5) is 12.6. The smallest absolute Gasteiger partial charge is 0.261 e. The number of amides is 1. The fourth-order valence-electron chi connectivity index (χ4n) is 2.80. The fraction of sp³-hybridized carbons (Fsp3) is 0.136. The first-order valence-corrected chi connectivity index (χ1v) is 11.0. The molecule has 0 heterocycles. The molecule has 2 N–H and O–H groups in total. The molecule has 30 heavy (non-hydrogen) atoms. The molecule has 0 unspecified atom stereocenters. The topological polar surface area (TPSA) is 84.5 Å². The van der Waals surface area contributed by atoms with Crippen molar-refractivity contribution in [3.05, 3.63) is 88.4 Å². The van der Waals surface area contributed by atoms with Crippen molar-refractivity contribution in [3.8, 4) is 5.75 Å². The summed E-state index contributed by atoms with van der Waals surface area (Å²) < 4.78 is 32.8. The second kappa shape index (κ2) is 9.19. The van der Waals surface area contributed by atoms with Gasteiger partial charge in [0.2, 0.25) is 0 Å². The predicted octanol–water partition coefficient (Wildman–Crippen LogP) is 4.39.